The molecule has 3 rings (SSSR count). The number of piperazine rings is 1. The van der Waals surface area contributed by atoms with Crippen molar-refractivity contribution in [2.75, 3.05) is 26.2 Å². The van der Waals surface area contributed by atoms with Crippen molar-refractivity contribution in [1.82, 2.24) is 14.2 Å². The van der Waals surface area contributed by atoms with Crippen molar-refractivity contribution >= 4 is 21.4 Å². The van der Waals surface area contributed by atoms with Gasteiger partial charge in [0.05, 0.1) is 15.6 Å². The molecule has 7 heteroatoms. The number of rotatable bonds is 7. The van der Waals surface area contributed by atoms with E-state index in [0.717, 1.165) is 42.9 Å². The number of nitrogens with zero attached hydrogens (tertiary/aromatic N) is 3. The molecule has 1 aromatic carbocycles. The molecule has 27 heavy (non-hydrogen) atoms. The van der Waals surface area contributed by atoms with Crippen LogP contribution in [0.2, 0.25) is 0 Å². The van der Waals surface area contributed by atoms with Crippen LogP contribution in [0.15, 0.2) is 28.5 Å². The normalized spacial score (nSPS) is 16.7. The second kappa shape index (κ2) is 8.82. The van der Waals surface area contributed by atoms with E-state index in [2.05, 4.69) is 17.2 Å². The fourth-order valence-corrected chi connectivity index (χ4v) is 5.58. The molecule has 0 amide bonds. The van der Waals surface area contributed by atoms with Crippen molar-refractivity contribution in [2.45, 2.75) is 51.5 Å². The zero-order valence-corrected chi connectivity index (χ0v) is 18.1. The third-order valence-electron chi connectivity index (χ3n) is 5.18. The number of aryl methyl sites for hydroxylation is 3. The van der Waals surface area contributed by atoms with Gasteiger partial charge in [-0.05, 0) is 49.9 Å². The van der Waals surface area contributed by atoms with Crippen molar-refractivity contribution in [3.8, 4) is 0 Å². The van der Waals surface area contributed by atoms with Crippen LogP contribution in [0, 0.1) is 13.8 Å². The Morgan fingerprint density at radius 2 is 1.85 bits per heavy atom. The van der Waals surface area contributed by atoms with Crippen LogP contribution in [0.4, 0.5) is 0 Å². The lowest BCUT2D eigenvalue weighted by Gasteiger charge is -2.33. The molecule has 0 radical (unpaired) electrons. The van der Waals surface area contributed by atoms with Crippen LogP contribution < -0.4 is 0 Å². The van der Waals surface area contributed by atoms with Crippen molar-refractivity contribution < 1.29 is 8.42 Å². The van der Waals surface area contributed by atoms with Crippen LogP contribution in [0.1, 0.15) is 41.6 Å². The Morgan fingerprint density at radius 3 is 2.52 bits per heavy atom. The summed E-state index contributed by atoms with van der Waals surface area (Å²) >= 11 is 1.74. The minimum absolute atomic E-state index is 0.402. The first-order valence-corrected chi connectivity index (χ1v) is 11.9. The maximum atomic E-state index is 12.9. The first-order chi connectivity index (χ1) is 12.9. The fourth-order valence-electron chi connectivity index (χ4n) is 3.24. The molecule has 1 aliphatic heterocycles. The molecule has 5 nitrogen and oxygen atoms in total. The smallest absolute Gasteiger partial charge is 0.243 e. The molecule has 0 N–H and O–H groups in total. The van der Waals surface area contributed by atoms with Gasteiger partial charge in [0.2, 0.25) is 10.0 Å². The average Bonchev–Trinajstić information content (AvgIpc) is 3.10. The molecular formula is C20H29N3O2S2. The standard InChI is InChI=1S/C20H29N3O2S2/c1-4-5-6-20-21-18(15-26-20)14-22-9-11-23(12-10-22)27(24,25)19-8-7-16(2)17(3)13-19/h7-8,13,15H,4-6,9-12,14H2,1-3H3. The third-order valence-corrected chi connectivity index (χ3v) is 8.03. The summed E-state index contributed by atoms with van der Waals surface area (Å²) in [6, 6.07) is 5.39. The van der Waals surface area contributed by atoms with Gasteiger partial charge < -0.3 is 0 Å². The molecule has 2 aromatic rings. The number of hydrogen-bond donors (Lipinski definition) is 0. The van der Waals surface area contributed by atoms with E-state index < -0.39 is 10.0 Å². The summed E-state index contributed by atoms with van der Waals surface area (Å²) in [4.78, 5) is 7.42. The van der Waals surface area contributed by atoms with Gasteiger partial charge in [0.15, 0.2) is 0 Å². The molecule has 0 aliphatic carbocycles. The lowest BCUT2D eigenvalue weighted by atomic mass is 10.1. The summed E-state index contributed by atoms with van der Waals surface area (Å²) in [6.45, 7) is 9.49. The summed E-state index contributed by atoms with van der Waals surface area (Å²) in [6.07, 6.45) is 3.43. The van der Waals surface area contributed by atoms with Gasteiger partial charge >= 0.3 is 0 Å². The summed E-state index contributed by atoms with van der Waals surface area (Å²) in [5.74, 6) is 0. The van der Waals surface area contributed by atoms with E-state index in [4.69, 9.17) is 4.98 Å². The zero-order valence-electron chi connectivity index (χ0n) is 16.4. The highest BCUT2D eigenvalue weighted by Crippen LogP contribution is 2.21. The Kier molecular flexibility index (Phi) is 6.68. The van der Waals surface area contributed by atoms with Gasteiger partial charge in [-0.25, -0.2) is 13.4 Å². The predicted molar refractivity (Wildman–Crippen MR) is 111 cm³/mol. The van der Waals surface area contributed by atoms with Gasteiger partial charge in [-0.15, -0.1) is 11.3 Å². The average molecular weight is 408 g/mol. The molecule has 1 saturated heterocycles. The maximum absolute atomic E-state index is 12.9. The van der Waals surface area contributed by atoms with Crippen molar-refractivity contribution in [1.29, 1.82) is 0 Å². The lowest BCUT2D eigenvalue weighted by molar-refractivity contribution is 0.180. The molecule has 148 valence electrons. The SMILES string of the molecule is CCCCc1nc(CN2CCN(S(=O)(=O)c3ccc(C)c(C)c3)CC2)cs1. The minimum Gasteiger partial charge on any atom is -0.295 e. The molecule has 0 spiro atoms. The number of aromatic nitrogens is 1. The van der Waals surface area contributed by atoms with E-state index in [0.29, 0.717) is 18.0 Å². The van der Waals surface area contributed by atoms with Gasteiger partial charge in [0.25, 0.3) is 0 Å². The van der Waals surface area contributed by atoms with Crippen LogP contribution in [0.3, 0.4) is 0 Å². The van der Waals surface area contributed by atoms with E-state index >= 15 is 0 Å². The van der Waals surface area contributed by atoms with Crippen LogP contribution in [0.5, 0.6) is 0 Å². The number of thiazole rings is 1. The number of hydrogen-bond acceptors (Lipinski definition) is 5. The molecule has 0 atom stereocenters. The first kappa shape index (κ1) is 20.5. The highest BCUT2D eigenvalue weighted by molar-refractivity contribution is 7.89. The van der Waals surface area contributed by atoms with Crippen LogP contribution in [-0.4, -0.2) is 48.8 Å². The Labute approximate surface area is 167 Å². The molecule has 0 bridgehead atoms. The van der Waals surface area contributed by atoms with E-state index in [1.54, 1.807) is 27.8 Å². The highest BCUT2D eigenvalue weighted by Gasteiger charge is 2.28. The lowest BCUT2D eigenvalue weighted by Crippen LogP contribution is -2.48. The Balaban J connectivity index is 1.58. The van der Waals surface area contributed by atoms with Crippen LogP contribution >= 0.6 is 11.3 Å². The van der Waals surface area contributed by atoms with Crippen LogP contribution in [0.25, 0.3) is 0 Å². The van der Waals surface area contributed by atoms with E-state index in [-0.39, 0.29) is 0 Å². The summed E-state index contributed by atoms with van der Waals surface area (Å²) in [5, 5.41) is 3.35. The minimum atomic E-state index is -3.41. The van der Waals surface area contributed by atoms with E-state index in [1.165, 1.54) is 17.8 Å². The molecular weight excluding hydrogens is 378 g/mol. The number of sulfonamides is 1. The summed E-state index contributed by atoms with van der Waals surface area (Å²) < 4.78 is 27.4. The van der Waals surface area contributed by atoms with Crippen molar-refractivity contribution in [3.63, 3.8) is 0 Å². The second-order valence-corrected chi connectivity index (χ2v) is 10.1. The maximum Gasteiger partial charge on any atom is 0.243 e. The fraction of sp³-hybridized carbons (Fsp3) is 0.550. The van der Waals surface area contributed by atoms with Gasteiger partial charge in [-0.3, -0.25) is 4.90 Å². The molecule has 0 unspecified atom stereocenters. The van der Waals surface area contributed by atoms with Crippen molar-refractivity contribution in [2.24, 2.45) is 0 Å². The highest BCUT2D eigenvalue weighted by atomic mass is 32.2. The van der Waals surface area contributed by atoms with Crippen LogP contribution in [-0.2, 0) is 23.0 Å². The van der Waals surface area contributed by atoms with Gasteiger partial charge in [-0.2, -0.15) is 4.31 Å². The molecule has 2 heterocycles. The third kappa shape index (κ3) is 4.96. The largest absolute Gasteiger partial charge is 0.295 e. The zero-order chi connectivity index (χ0) is 19.4. The van der Waals surface area contributed by atoms with Crippen molar-refractivity contribution in [3.05, 3.63) is 45.4 Å². The Hall–Kier alpha value is -1.28. The molecule has 1 aromatic heterocycles. The predicted octanol–water partition coefficient (Wildman–Crippen LogP) is 3.61. The van der Waals surface area contributed by atoms with Gasteiger partial charge in [0, 0.05) is 38.1 Å². The topological polar surface area (TPSA) is 53.5 Å². The quantitative estimate of drug-likeness (QED) is 0.704. The Bertz CT molecular complexity index is 869. The van der Waals surface area contributed by atoms with Gasteiger partial charge in [0.1, 0.15) is 0 Å². The molecule has 0 saturated carbocycles. The summed E-state index contributed by atoms with van der Waals surface area (Å²) in [5.41, 5.74) is 3.23. The first-order valence-electron chi connectivity index (χ1n) is 9.63. The molecule has 1 fully saturated rings. The Morgan fingerprint density at radius 1 is 1.11 bits per heavy atom. The number of benzene rings is 1. The molecule has 1 aliphatic rings. The number of unbranched alkanes of at least 4 members (excludes halogenated alkanes) is 1. The monoisotopic (exact) mass is 407 g/mol. The summed E-state index contributed by atoms with van der Waals surface area (Å²) in [7, 11) is -3.41. The second-order valence-electron chi connectivity index (χ2n) is 7.26. The van der Waals surface area contributed by atoms with E-state index in [1.807, 2.05) is 19.9 Å². The van der Waals surface area contributed by atoms with Gasteiger partial charge in [-0.1, -0.05) is 19.4 Å². The van der Waals surface area contributed by atoms with E-state index in [9.17, 15) is 8.42 Å².